The van der Waals surface area contributed by atoms with Crippen molar-refractivity contribution in [1.82, 2.24) is 14.8 Å². The number of nitriles is 1. The number of nitrogens with one attached hydrogen (secondary N) is 1. The van der Waals surface area contributed by atoms with Crippen LogP contribution in [0.4, 0.5) is 37.8 Å². The number of rotatable bonds is 6. The van der Waals surface area contributed by atoms with Crippen molar-refractivity contribution in [2.45, 2.75) is 18.8 Å². The van der Waals surface area contributed by atoms with Crippen LogP contribution in [-0.4, -0.2) is 100 Å². The van der Waals surface area contributed by atoms with Gasteiger partial charge in [0, 0.05) is 56.0 Å². The summed E-state index contributed by atoms with van der Waals surface area (Å²) in [6.07, 6.45) is -9.75. The van der Waals surface area contributed by atoms with E-state index in [0.29, 0.717) is 28.9 Å². The first kappa shape index (κ1) is 38.8. The number of alkyl halides is 6. The van der Waals surface area contributed by atoms with E-state index in [1.54, 1.807) is 30.3 Å². The Hall–Kier alpha value is -5.41. The fourth-order valence-electron chi connectivity index (χ4n) is 4.06. The van der Waals surface area contributed by atoms with Crippen LogP contribution in [0.15, 0.2) is 54.6 Å². The fraction of sp³-hybridized carbons (Fsp3) is 0.300. The van der Waals surface area contributed by atoms with Crippen LogP contribution in [0.25, 0.3) is 22.4 Å². The number of carboxylic acids is 2. The predicted octanol–water partition coefficient (Wildman–Crippen LogP) is 4.42. The number of likely N-dealkylation sites (N-methyl/N-ethyl adjacent to an activating group) is 1. The third kappa shape index (κ3) is 12.1. The number of para-hydroxylation sites is 1. The van der Waals surface area contributed by atoms with Crippen LogP contribution >= 0.6 is 0 Å². The number of aliphatic carboxylic acids is 2. The third-order valence-electron chi connectivity index (χ3n) is 6.53. The van der Waals surface area contributed by atoms with Gasteiger partial charge in [-0.2, -0.15) is 31.6 Å². The van der Waals surface area contributed by atoms with E-state index in [-0.39, 0.29) is 23.0 Å². The summed E-state index contributed by atoms with van der Waals surface area (Å²) in [6, 6.07) is 18.0. The molecule has 4 rings (SSSR count). The van der Waals surface area contributed by atoms with Crippen LogP contribution in [0.1, 0.15) is 12.0 Å². The molecule has 2 heterocycles. The molecule has 1 aliphatic heterocycles. The second-order valence-electron chi connectivity index (χ2n) is 10.1. The van der Waals surface area contributed by atoms with E-state index >= 15 is 0 Å². The van der Waals surface area contributed by atoms with Crippen LogP contribution in [0, 0.1) is 11.3 Å². The number of aromatic hydroxyl groups is 1. The van der Waals surface area contributed by atoms with Gasteiger partial charge >= 0.3 is 24.3 Å². The highest BCUT2D eigenvalue weighted by Crippen LogP contribution is 2.35. The third-order valence-corrected chi connectivity index (χ3v) is 6.53. The first-order chi connectivity index (χ1) is 22.3. The van der Waals surface area contributed by atoms with Gasteiger partial charge in [-0.1, -0.05) is 24.3 Å². The highest BCUT2D eigenvalue weighted by atomic mass is 19.4. The normalized spacial score (nSPS) is 13.5. The first-order valence-electron chi connectivity index (χ1n) is 13.7. The molecular weight excluding hydrogens is 654 g/mol. The van der Waals surface area contributed by atoms with Gasteiger partial charge in [0.15, 0.2) is 0 Å². The van der Waals surface area contributed by atoms with E-state index in [2.05, 4.69) is 33.2 Å². The number of carbonyl (C=O) groups excluding carboxylic acids is 1. The zero-order valence-electron chi connectivity index (χ0n) is 25.1. The second-order valence-corrected chi connectivity index (χ2v) is 10.1. The summed E-state index contributed by atoms with van der Waals surface area (Å²) in [7, 11) is 2.11. The highest BCUT2D eigenvalue weighted by molar-refractivity contribution is 5.92. The zero-order valence-corrected chi connectivity index (χ0v) is 25.1. The number of carboxylic acid groups (broad SMARTS) is 2. The van der Waals surface area contributed by atoms with Crippen LogP contribution in [0.2, 0.25) is 0 Å². The number of piperazine rings is 1. The average Bonchev–Trinajstić information content (AvgIpc) is 3.00. The standard InChI is InChI=1S/C26H28N6O2.2C2HF3O2/c1-31-11-13-32(14-12-31)10-9-25(34)29-19-6-4-5-18(15-19)21-16-23(30-26(28)22(21)17-27)20-7-2-3-8-24(20)33;2*3-2(4,5)1(6)7/h2-8,15-16,33H,9-14H2,1H3,(H2,28,30)(H,29,34);2*(H,6,7). The number of amides is 1. The molecule has 1 saturated heterocycles. The van der Waals surface area contributed by atoms with E-state index in [4.69, 9.17) is 25.5 Å². The van der Waals surface area contributed by atoms with Gasteiger partial charge in [0.1, 0.15) is 23.2 Å². The summed E-state index contributed by atoms with van der Waals surface area (Å²) in [5.41, 5.74) is 9.29. The second kappa shape index (κ2) is 16.9. The number of nitrogens with two attached hydrogens (primary N) is 1. The molecule has 48 heavy (non-hydrogen) atoms. The molecule has 6 N–H and O–H groups in total. The van der Waals surface area contributed by atoms with E-state index in [1.165, 1.54) is 0 Å². The lowest BCUT2D eigenvalue weighted by Gasteiger charge is -2.32. The molecule has 0 spiro atoms. The number of hydrogen-bond acceptors (Lipinski definition) is 9. The lowest BCUT2D eigenvalue weighted by Crippen LogP contribution is -2.45. The molecule has 1 fully saturated rings. The lowest BCUT2D eigenvalue weighted by atomic mass is 9.97. The van der Waals surface area contributed by atoms with Crippen molar-refractivity contribution in [1.29, 1.82) is 5.26 Å². The predicted molar refractivity (Wildman–Crippen MR) is 160 cm³/mol. The monoisotopic (exact) mass is 684 g/mol. The maximum Gasteiger partial charge on any atom is 0.490 e. The van der Waals surface area contributed by atoms with Crippen molar-refractivity contribution in [2.75, 3.05) is 50.8 Å². The average molecular weight is 685 g/mol. The Morgan fingerprint density at radius 1 is 0.917 bits per heavy atom. The molecule has 258 valence electrons. The molecule has 0 unspecified atom stereocenters. The molecule has 0 radical (unpaired) electrons. The number of phenolic OH excluding ortho intramolecular Hbond substituents is 1. The number of pyridine rings is 1. The number of benzene rings is 2. The molecule has 0 aliphatic carbocycles. The van der Waals surface area contributed by atoms with E-state index in [0.717, 1.165) is 38.3 Å². The van der Waals surface area contributed by atoms with E-state index in [9.17, 15) is 41.5 Å². The summed E-state index contributed by atoms with van der Waals surface area (Å²) in [4.78, 5) is 39.3. The molecule has 1 aliphatic rings. The van der Waals surface area contributed by atoms with E-state index < -0.39 is 24.3 Å². The first-order valence-corrected chi connectivity index (χ1v) is 13.7. The number of nitrogens with zero attached hydrogens (tertiary/aromatic N) is 4. The van der Waals surface area contributed by atoms with Crippen LogP contribution in [-0.2, 0) is 14.4 Å². The molecule has 2 aromatic carbocycles. The number of phenols is 1. The quantitative estimate of drug-likeness (QED) is 0.231. The molecule has 12 nitrogen and oxygen atoms in total. The van der Waals surface area contributed by atoms with Crippen LogP contribution in [0.5, 0.6) is 5.75 Å². The van der Waals surface area contributed by atoms with Gasteiger partial charge in [0.2, 0.25) is 5.91 Å². The van der Waals surface area contributed by atoms with Crippen LogP contribution < -0.4 is 11.1 Å². The Labute approximate surface area is 269 Å². The molecular formula is C30H30F6N6O6. The maximum absolute atomic E-state index is 12.6. The smallest absolute Gasteiger partial charge is 0.490 e. The SMILES string of the molecule is CN1CCN(CCC(=O)Nc2cccc(-c3cc(-c4ccccc4O)nc(N)c3C#N)c2)CC1.O=C(O)C(F)(F)F.O=C(O)C(F)(F)F. The van der Waals surface area contributed by atoms with Crippen LogP contribution in [0.3, 0.4) is 0 Å². The summed E-state index contributed by atoms with van der Waals surface area (Å²) < 4.78 is 63.5. The van der Waals surface area contributed by atoms with Crippen molar-refractivity contribution in [3.8, 4) is 34.2 Å². The molecule has 0 bridgehead atoms. The Morgan fingerprint density at radius 2 is 1.48 bits per heavy atom. The summed E-state index contributed by atoms with van der Waals surface area (Å²) in [5.74, 6) is -5.41. The number of anilines is 2. The molecule has 3 aromatic rings. The topological polar surface area (TPSA) is 193 Å². The number of halogens is 6. The number of carbonyl (C=O) groups is 3. The van der Waals surface area contributed by atoms with Gasteiger partial charge in [-0.3, -0.25) is 4.79 Å². The number of nitrogen functional groups attached to an aromatic ring is 1. The van der Waals surface area contributed by atoms with E-state index in [1.807, 2.05) is 24.3 Å². The van der Waals surface area contributed by atoms with Crippen molar-refractivity contribution >= 4 is 29.4 Å². The summed E-state index contributed by atoms with van der Waals surface area (Å²) in [5, 5.41) is 37.2. The largest absolute Gasteiger partial charge is 0.507 e. The Bertz CT molecular complexity index is 1610. The van der Waals surface area contributed by atoms with Gasteiger partial charge in [-0.15, -0.1) is 0 Å². The van der Waals surface area contributed by atoms with Crippen molar-refractivity contribution in [3.63, 3.8) is 0 Å². The minimum atomic E-state index is -5.08. The van der Waals surface area contributed by atoms with Gasteiger partial charge < -0.3 is 36.2 Å². The van der Waals surface area contributed by atoms with Crippen molar-refractivity contribution in [3.05, 3.63) is 60.2 Å². The summed E-state index contributed by atoms with van der Waals surface area (Å²) in [6.45, 7) is 4.70. The minimum absolute atomic E-state index is 0.0549. The van der Waals surface area contributed by atoms with Gasteiger partial charge in [0.25, 0.3) is 0 Å². The molecule has 1 aromatic heterocycles. The van der Waals surface area contributed by atoms with Crippen molar-refractivity contribution in [2.24, 2.45) is 0 Å². The lowest BCUT2D eigenvalue weighted by molar-refractivity contribution is -0.193. The highest BCUT2D eigenvalue weighted by Gasteiger charge is 2.38. The Kier molecular flexibility index (Phi) is 13.7. The van der Waals surface area contributed by atoms with Gasteiger partial charge in [0.05, 0.1) is 5.69 Å². The van der Waals surface area contributed by atoms with Gasteiger partial charge in [-0.05, 0) is 42.9 Å². The maximum atomic E-state index is 12.6. The Balaban J connectivity index is 0.000000479. The molecule has 1 amide bonds. The molecule has 0 atom stereocenters. The zero-order chi connectivity index (χ0) is 36.2. The number of hydrogen-bond donors (Lipinski definition) is 5. The fourth-order valence-corrected chi connectivity index (χ4v) is 4.06. The van der Waals surface area contributed by atoms with Gasteiger partial charge in [-0.25, -0.2) is 14.6 Å². The van der Waals surface area contributed by atoms with Crippen molar-refractivity contribution < 1.29 is 56.0 Å². The summed E-state index contributed by atoms with van der Waals surface area (Å²) >= 11 is 0. The number of aromatic nitrogens is 1. The minimum Gasteiger partial charge on any atom is -0.507 e. The molecule has 0 saturated carbocycles. The Morgan fingerprint density at radius 3 is 2.00 bits per heavy atom. The molecule has 18 heteroatoms.